The Bertz CT molecular complexity index is 608. The molecular formula is C14H12N2O3. The molecule has 0 amide bonds. The zero-order valence-corrected chi connectivity index (χ0v) is 10.4. The van der Waals surface area contributed by atoms with Crippen LogP contribution in [0.4, 0.5) is 0 Å². The molecule has 0 aliphatic rings. The third-order valence-corrected chi connectivity index (χ3v) is 2.54. The number of oxazole rings is 1. The number of carbonyl (C=O) groups excluding carboxylic acids is 1. The van der Waals surface area contributed by atoms with E-state index in [0.29, 0.717) is 12.2 Å². The Hall–Kier alpha value is -2.61. The van der Waals surface area contributed by atoms with Crippen molar-refractivity contribution in [1.82, 2.24) is 4.98 Å². The maximum absolute atomic E-state index is 11.7. The molecule has 0 N–H and O–H groups in total. The highest BCUT2D eigenvalue weighted by molar-refractivity contribution is 5.93. The molecule has 1 aromatic carbocycles. The van der Waals surface area contributed by atoms with E-state index >= 15 is 0 Å². The van der Waals surface area contributed by atoms with E-state index in [1.54, 1.807) is 19.1 Å². The Morgan fingerprint density at radius 2 is 2.16 bits per heavy atom. The van der Waals surface area contributed by atoms with Crippen molar-refractivity contribution >= 4 is 5.97 Å². The van der Waals surface area contributed by atoms with Gasteiger partial charge in [0.05, 0.1) is 19.1 Å². The van der Waals surface area contributed by atoms with Crippen LogP contribution in [-0.2, 0) is 11.2 Å². The van der Waals surface area contributed by atoms with Crippen molar-refractivity contribution in [2.75, 3.05) is 6.61 Å². The van der Waals surface area contributed by atoms with Crippen LogP contribution in [0.15, 0.2) is 35.1 Å². The quantitative estimate of drug-likeness (QED) is 0.786. The normalized spacial score (nSPS) is 9.89. The summed E-state index contributed by atoms with van der Waals surface area (Å²) < 4.78 is 10.1. The molecule has 1 aromatic heterocycles. The van der Waals surface area contributed by atoms with E-state index in [1.807, 2.05) is 12.1 Å². The molecule has 19 heavy (non-hydrogen) atoms. The van der Waals surface area contributed by atoms with Crippen molar-refractivity contribution in [2.24, 2.45) is 0 Å². The number of hydrogen-bond acceptors (Lipinski definition) is 5. The van der Waals surface area contributed by atoms with Crippen LogP contribution in [-0.4, -0.2) is 17.6 Å². The van der Waals surface area contributed by atoms with Crippen LogP contribution in [0.25, 0.3) is 11.3 Å². The Kier molecular flexibility index (Phi) is 3.94. The van der Waals surface area contributed by atoms with Crippen LogP contribution in [0.5, 0.6) is 0 Å². The van der Waals surface area contributed by atoms with Gasteiger partial charge in [0, 0.05) is 5.56 Å². The fourth-order valence-electron chi connectivity index (χ4n) is 1.66. The SMILES string of the molecule is CCOC(=O)c1ncoc1-c1ccc(CC#N)cc1. The maximum atomic E-state index is 11.7. The summed E-state index contributed by atoms with van der Waals surface area (Å²) in [6.07, 6.45) is 1.56. The summed E-state index contributed by atoms with van der Waals surface area (Å²) in [7, 11) is 0. The Balaban J connectivity index is 2.30. The number of aromatic nitrogens is 1. The molecule has 96 valence electrons. The predicted octanol–water partition coefficient (Wildman–Crippen LogP) is 2.58. The van der Waals surface area contributed by atoms with Gasteiger partial charge in [-0.05, 0) is 12.5 Å². The third kappa shape index (κ3) is 2.80. The third-order valence-electron chi connectivity index (χ3n) is 2.54. The summed E-state index contributed by atoms with van der Waals surface area (Å²) in [5.74, 6) is -0.130. The number of hydrogen-bond donors (Lipinski definition) is 0. The van der Waals surface area contributed by atoms with Gasteiger partial charge in [0.1, 0.15) is 0 Å². The van der Waals surface area contributed by atoms with Gasteiger partial charge in [-0.25, -0.2) is 9.78 Å². The molecular weight excluding hydrogens is 244 g/mol. The summed E-state index contributed by atoms with van der Waals surface area (Å²) in [5, 5.41) is 8.61. The van der Waals surface area contributed by atoms with Crippen LogP contribution in [0.3, 0.4) is 0 Å². The molecule has 0 unspecified atom stereocenters. The first-order valence-corrected chi connectivity index (χ1v) is 5.83. The summed E-state index contributed by atoms with van der Waals surface area (Å²) in [4.78, 5) is 15.6. The van der Waals surface area contributed by atoms with Gasteiger partial charge >= 0.3 is 5.97 Å². The van der Waals surface area contributed by atoms with Gasteiger partial charge < -0.3 is 9.15 Å². The van der Waals surface area contributed by atoms with Crippen LogP contribution in [0.2, 0.25) is 0 Å². The van der Waals surface area contributed by atoms with E-state index in [0.717, 1.165) is 11.1 Å². The Labute approximate surface area is 110 Å². The van der Waals surface area contributed by atoms with Crippen LogP contribution >= 0.6 is 0 Å². The van der Waals surface area contributed by atoms with E-state index in [1.165, 1.54) is 6.39 Å². The number of nitriles is 1. The van der Waals surface area contributed by atoms with Crippen LogP contribution in [0, 0.1) is 11.3 Å². The second-order valence-corrected chi connectivity index (χ2v) is 3.78. The lowest BCUT2D eigenvalue weighted by Gasteiger charge is -2.02. The average Bonchev–Trinajstić information content (AvgIpc) is 2.89. The average molecular weight is 256 g/mol. The smallest absolute Gasteiger partial charge is 0.360 e. The summed E-state index contributed by atoms with van der Waals surface area (Å²) in [6, 6.07) is 9.28. The summed E-state index contributed by atoms with van der Waals surface area (Å²) >= 11 is 0. The first-order valence-electron chi connectivity index (χ1n) is 5.83. The highest BCUT2D eigenvalue weighted by Crippen LogP contribution is 2.24. The molecule has 0 spiro atoms. The van der Waals surface area contributed by atoms with Gasteiger partial charge in [-0.2, -0.15) is 5.26 Å². The first-order chi connectivity index (χ1) is 9.26. The molecule has 0 aliphatic carbocycles. The molecule has 2 aromatic rings. The fourth-order valence-corrected chi connectivity index (χ4v) is 1.66. The molecule has 0 radical (unpaired) electrons. The standard InChI is InChI=1S/C14H12N2O3/c1-2-18-14(17)12-13(19-9-16-12)11-5-3-10(4-6-11)7-8-15/h3-6,9H,2,7H2,1H3. The van der Waals surface area contributed by atoms with Gasteiger partial charge in [0.2, 0.25) is 0 Å². The minimum atomic E-state index is -0.507. The van der Waals surface area contributed by atoms with E-state index in [-0.39, 0.29) is 12.3 Å². The molecule has 0 aliphatic heterocycles. The second-order valence-electron chi connectivity index (χ2n) is 3.78. The molecule has 5 heteroatoms. The van der Waals surface area contributed by atoms with E-state index in [9.17, 15) is 4.79 Å². The number of benzene rings is 1. The Morgan fingerprint density at radius 1 is 1.42 bits per heavy atom. The van der Waals surface area contributed by atoms with Crippen molar-refractivity contribution < 1.29 is 13.9 Å². The van der Waals surface area contributed by atoms with Crippen molar-refractivity contribution in [1.29, 1.82) is 5.26 Å². The van der Waals surface area contributed by atoms with Gasteiger partial charge in [-0.1, -0.05) is 24.3 Å². The lowest BCUT2D eigenvalue weighted by atomic mass is 10.1. The highest BCUT2D eigenvalue weighted by Gasteiger charge is 2.19. The van der Waals surface area contributed by atoms with Crippen molar-refractivity contribution in [2.45, 2.75) is 13.3 Å². The van der Waals surface area contributed by atoms with Crippen molar-refractivity contribution in [3.8, 4) is 17.4 Å². The number of rotatable bonds is 4. The number of carbonyl (C=O) groups is 1. The van der Waals surface area contributed by atoms with E-state index in [4.69, 9.17) is 14.4 Å². The van der Waals surface area contributed by atoms with Gasteiger partial charge in [0.25, 0.3) is 0 Å². The lowest BCUT2D eigenvalue weighted by molar-refractivity contribution is 0.0520. The summed E-state index contributed by atoms with van der Waals surface area (Å²) in [5.41, 5.74) is 1.79. The topological polar surface area (TPSA) is 76.1 Å². The molecule has 0 saturated heterocycles. The van der Waals surface area contributed by atoms with Gasteiger partial charge in [-0.3, -0.25) is 0 Å². The zero-order valence-electron chi connectivity index (χ0n) is 10.4. The van der Waals surface area contributed by atoms with Crippen LogP contribution in [0.1, 0.15) is 23.0 Å². The lowest BCUT2D eigenvalue weighted by Crippen LogP contribution is -2.06. The van der Waals surface area contributed by atoms with Crippen molar-refractivity contribution in [3.63, 3.8) is 0 Å². The second kappa shape index (κ2) is 5.83. The summed E-state index contributed by atoms with van der Waals surface area (Å²) in [6.45, 7) is 2.01. The van der Waals surface area contributed by atoms with Crippen molar-refractivity contribution in [3.05, 3.63) is 41.9 Å². The minimum Gasteiger partial charge on any atom is -0.461 e. The molecule has 0 saturated carbocycles. The predicted molar refractivity (Wildman–Crippen MR) is 67.2 cm³/mol. The fraction of sp³-hybridized carbons (Fsp3) is 0.214. The molecule has 0 bridgehead atoms. The monoisotopic (exact) mass is 256 g/mol. The van der Waals surface area contributed by atoms with E-state index < -0.39 is 5.97 Å². The Morgan fingerprint density at radius 3 is 2.79 bits per heavy atom. The number of esters is 1. The number of ether oxygens (including phenoxy) is 1. The first kappa shape index (κ1) is 12.8. The number of nitrogens with zero attached hydrogens (tertiary/aromatic N) is 2. The van der Waals surface area contributed by atoms with E-state index in [2.05, 4.69) is 11.1 Å². The molecule has 0 atom stereocenters. The molecule has 0 fully saturated rings. The van der Waals surface area contributed by atoms with Crippen LogP contribution < -0.4 is 0 Å². The highest BCUT2D eigenvalue weighted by atomic mass is 16.5. The molecule has 5 nitrogen and oxygen atoms in total. The largest absolute Gasteiger partial charge is 0.461 e. The molecule has 2 rings (SSSR count). The minimum absolute atomic E-state index is 0.162. The zero-order chi connectivity index (χ0) is 13.7. The van der Waals surface area contributed by atoms with Gasteiger partial charge in [0.15, 0.2) is 17.8 Å². The maximum Gasteiger partial charge on any atom is 0.360 e. The van der Waals surface area contributed by atoms with Gasteiger partial charge in [-0.15, -0.1) is 0 Å². The molecule has 1 heterocycles.